The van der Waals surface area contributed by atoms with Gasteiger partial charge in [0.05, 0.1) is 11.9 Å². The fraction of sp³-hybridized carbons (Fsp3) is 0.242. The number of anilines is 2. The van der Waals surface area contributed by atoms with Crippen LogP contribution in [0.25, 0.3) is 16.9 Å². The van der Waals surface area contributed by atoms with Crippen molar-refractivity contribution in [2.24, 2.45) is 0 Å². The molecule has 0 unspecified atom stereocenters. The molecular weight excluding hydrogens is 482 g/mol. The van der Waals surface area contributed by atoms with Crippen molar-refractivity contribution in [3.05, 3.63) is 113 Å². The molecule has 2 aromatic heterocycles. The summed E-state index contributed by atoms with van der Waals surface area (Å²) >= 11 is 0. The number of nitrogens with zero attached hydrogens (tertiary/aromatic N) is 3. The summed E-state index contributed by atoms with van der Waals surface area (Å²) in [5, 5.41) is 11.2. The normalized spacial score (nSPS) is 10.2. The van der Waals surface area contributed by atoms with Gasteiger partial charge in [-0.05, 0) is 55.5 Å². The molecule has 5 aromatic rings. The van der Waals surface area contributed by atoms with Gasteiger partial charge in [0.1, 0.15) is 12.1 Å². The van der Waals surface area contributed by atoms with Gasteiger partial charge in [0.15, 0.2) is 5.65 Å². The Morgan fingerprint density at radius 3 is 2.23 bits per heavy atom. The van der Waals surface area contributed by atoms with E-state index >= 15 is 0 Å². The first-order chi connectivity index (χ1) is 18.9. The molecule has 0 bridgehead atoms. The van der Waals surface area contributed by atoms with Crippen LogP contribution in [0.5, 0.6) is 0 Å². The average Bonchev–Trinajstić information content (AvgIpc) is 3.34. The third kappa shape index (κ3) is 8.01. The van der Waals surface area contributed by atoms with Gasteiger partial charge in [-0.15, -0.1) is 0 Å². The molecule has 0 saturated heterocycles. The number of aryl methyl sites for hydroxylation is 2. The predicted molar refractivity (Wildman–Crippen MR) is 163 cm³/mol. The first kappa shape index (κ1) is 29.1. The van der Waals surface area contributed by atoms with E-state index in [1.54, 1.807) is 0 Å². The highest BCUT2D eigenvalue weighted by Crippen LogP contribution is 2.26. The van der Waals surface area contributed by atoms with Crippen LogP contribution in [0.2, 0.25) is 0 Å². The number of hydrogen-bond acceptors (Lipinski definition) is 5. The van der Waals surface area contributed by atoms with Crippen molar-refractivity contribution >= 4 is 23.4 Å². The van der Waals surface area contributed by atoms with Gasteiger partial charge in [-0.25, -0.2) is 4.98 Å². The fourth-order valence-corrected chi connectivity index (χ4v) is 4.06. The van der Waals surface area contributed by atoms with E-state index in [4.69, 9.17) is 9.78 Å². The first-order valence-electron chi connectivity index (χ1n) is 13.2. The first-order valence-corrected chi connectivity index (χ1v) is 13.2. The zero-order chi connectivity index (χ0) is 28.2. The van der Waals surface area contributed by atoms with Crippen molar-refractivity contribution in [2.45, 2.75) is 47.1 Å². The van der Waals surface area contributed by atoms with Crippen molar-refractivity contribution < 1.29 is 4.79 Å². The van der Waals surface area contributed by atoms with Gasteiger partial charge < -0.3 is 15.4 Å². The maximum absolute atomic E-state index is 8.81. The summed E-state index contributed by atoms with van der Waals surface area (Å²) in [6, 6.07) is 29.3. The summed E-state index contributed by atoms with van der Waals surface area (Å²) in [6.45, 7) is 10.7. The van der Waals surface area contributed by atoms with Gasteiger partial charge in [-0.3, -0.25) is 0 Å². The average molecular weight is 522 g/mol. The van der Waals surface area contributed by atoms with E-state index in [-0.39, 0.29) is 0 Å². The molecule has 0 aliphatic heterocycles. The van der Waals surface area contributed by atoms with E-state index in [2.05, 4.69) is 109 Å². The topological polar surface area (TPSA) is 71.3 Å². The van der Waals surface area contributed by atoms with E-state index in [0.29, 0.717) is 12.5 Å². The lowest BCUT2D eigenvalue weighted by Crippen LogP contribution is -2.07. The minimum atomic E-state index is 0.659. The Kier molecular flexibility index (Phi) is 10.8. The molecule has 0 spiro atoms. The summed E-state index contributed by atoms with van der Waals surface area (Å²) < 4.78 is 1.87. The van der Waals surface area contributed by atoms with Gasteiger partial charge in [-0.1, -0.05) is 80.6 Å². The zero-order valence-corrected chi connectivity index (χ0v) is 23.8. The number of fused-ring (bicyclic) bond motifs is 1. The summed E-state index contributed by atoms with van der Waals surface area (Å²) in [7, 11) is 1.93. The Morgan fingerprint density at radius 1 is 0.897 bits per heavy atom. The second-order valence-electron chi connectivity index (χ2n) is 9.51. The number of benzene rings is 3. The van der Waals surface area contributed by atoms with E-state index in [0.717, 1.165) is 40.3 Å². The molecule has 0 radical (unpaired) electrons. The maximum atomic E-state index is 8.81. The highest BCUT2D eigenvalue weighted by molar-refractivity contribution is 5.70. The van der Waals surface area contributed by atoms with Crippen LogP contribution in [0, 0.1) is 13.8 Å². The van der Waals surface area contributed by atoms with Crippen molar-refractivity contribution in [2.75, 3.05) is 17.7 Å². The monoisotopic (exact) mass is 521 g/mol. The summed E-state index contributed by atoms with van der Waals surface area (Å²) in [5.41, 5.74) is 8.96. The number of rotatable bonds is 6. The van der Waals surface area contributed by atoms with Crippen LogP contribution in [-0.4, -0.2) is 27.9 Å². The van der Waals surface area contributed by atoms with Crippen LogP contribution in [0.3, 0.4) is 0 Å². The van der Waals surface area contributed by atoms with Gasteiger partial charge in [-0.2, -0.15) is 9.61 Å². The van der Waals surface area contributed by atoms with Crippen LogP contribution in [0.4, 0.5) is 11.5 Å². The van der Waals surface area contributed by atoms with Crippen LogP contribution in [-0.2, 0) is 11.3 Å². The van der Waals surface area contributed by atoms with Crippen molar-refractivity contribution in [3.8, 4) is 11.3 Å². The molecule has 6 heteroatoms. The smallest absolute Gasteiger partial charge is 0.160 e. The summed E-state index contributed by atoms with van der Waals surface area (Å²) in [6.07, 6.45) is 2.61. The third-order valence-corrected chi connectivity index (χ3v) is 6.22. The number of hydrogen-bond donors (Lipinski definition) is 2. The number of aromatic nitrogens is 3. The number of nitrogens with one attached hydrogen (secondary N) is 2. The lowest BCUT2D eigenvalue weighted by atomic mass is 10.0. The molecule has 3 aromatic carbocycles. The fourth-order valence-electron chi connectivity index (χ4n) is 4.06. The summed E-state index contributed by atoms with van der Waals surface area (Å²) in [4.78, 5) is 13.7. The van der Waals surface area contributed by atoms with Gasteiger partial charge in [0.25, 0.3) is 0 Å². The molecule has 39 heavy (non-hydrogen) atoms. The molecule has 6 nitrogen and oxygen atoms in total. The van der Waals surface area contributed by atoms with E-state index in [1.165, 1.54) is 23.6 Å². The van der Waals surface area contributed by atoms with Crippen LogP contribution >= 0.6 is 0 Å². The Balaban J connectivity index is 0.000000293. The Hall–Kier alpha value is -4.45. The second-order valence-corrected chi connectivity index (χ2v) is 9.51. The van der Waals surface area contributed by atoms with E-state index in [9.17, 15) is 0 Å². The lowest BCUT2D eigenvalue weighted by Gasteiger charge is -2.13. The van der Waals surface area contributed by atoms with E-state index in [1.807, 2.05) is 36.8 Å². The molecule has 202 valence electrons. The second kappa shape index (κ2) is 14.5. The predicted octanol–water partition coefficient (Wildman–Crippen LogP) is 7.68. The highest BCUT2D eigenvalue weighted by atomic mass is 16.1. The molecule has 0 aliphatic carbocycles. The van der Waals surface area contributed by atoms with Crippen LogP contribution in [0.15, 0.2) is 91.1 Å². The minimum Gasteiger partial charge on any atom is -0.388 e. The molecule has 5 rings (SSSR count). The Bertz CT molecular complexity index is 1470. The molecule has 0 amide bonds. The zero-order valence-electron chi connectivity index (χ0n) is 23.8. The Labute approximate surface area is 232 Å². The van der Waals surface area contributed by atoms with Crippen molar-refractivity contribution in [3.63, 3.8) is 0 Å². The van der Waals surface area contributed by atoms with Crippen LogP contribution in [0.1, 0.15) is 48.9 Å². The molecule has 0 fully saturated rings. The minimum absolute atomic E-state index is 0.659. The SMILES string of the molecule is CC(C)c1ccccc1.CC=O.CNc1cccc(CNc2cc(-c3ccccc3C)nc3c(C)cnn23)c1. The van der Waals surface area contributed by atoms with Crippen molar-refractivity contribution in [1.29, 1.82) is 0 Å². The summed E-state index contributed by atoms with van der Waals surface area (Å²) in [5.74, 6) is 1.59. The van der Waals surface area contributed by atoms with Crippen LogP contribution < -0.4 is 10.6 Å². The van der Waals surface area contributed by atoms with Gasteiger partial charge >= 0.3 is 0 Å². The highest BCUT2D eigenvalue weighted by Gasteiger charge is 2.12. The largest absolute Gasteiger partial charge is 0.388 e. The third-order valence-electron chi connectivity index (χ3n) is 6.22. The number of carbonyl (C=O) groups excluding carboxylic acids is 1. The standard InChI is InChI=1S/C22H23N5.C9H12.C2H4O/c1-15-7-4-5-10-19(15)20-12-21(27-22(26-20)16(2)13-25-27)24-14-17-8-6-9-18(11-17)23-3;1-8(2)9-6-4-3-5-7-9;1-2-3/h4-13,23-24H,14H2,1-3H3;3-8H,1-2H3;2H,1H3. The molecule has 0 atom stereocenters. The molecule has 2 N–H and O–H groups in total. The molecule has 2 heterocycles. The van der Waals surface area contributed by atoms with E-state index < -0.39 is 0 Å². The Morgan fingerprint density at radius 2 is 1.59 bits per heavy atom. The number of carbonyl (C=O) groups is 1. The van der Waals surface area contributed by atoms with Gasteiger partial charge in [0, 0.05) is 36.5 Å². The number of aldehydes is 1. The maximum Gasteiger partial charge on any atom is 0.160 e. The molecular formula is C33H39N5O. The molecule has 0 saturated carbocycles. The molecule has 0 aliphatic rings. The van der Waals surface area contributed by atoms with Crippen molar-refractivity contribution in [1.82, 2.24) is 14.6 Å². The quantitative estimate of drug-likeness (QED) is 0.224. The van der Waals surface area contributed by atoms with Gasteiger partial charge in [0.2, 0.25) is 0 Å². The lowest BCUT2D eigenvalue weighted by molar-refractivity contribution is -0.106.